The third-order valence-electron chi connectivity index (χ3n) is 2.62. The molecular formula is C15H13N3O2. The monoisotopic (exact) mass is 267 g/mol. The van der Waals surface area contributed by atoms with E-state index >= 15 is 0 Å². The molecule has 2 aromatic carbocycles. The Morgan fingerprint density at radius 3 is 2.40 bits per heavy atom. The van der Waals surface area contributed by atoms with Crippen LogP contribution in [0.15, 0.2) is 48.5 Å². The molecule has 2 rings (SSSR count). The molecule has 0 heterocycles. The Morgan fingerprint density at radius 1 is 1.10 bits per heavy atom. The average molecular weight is 267 g/mol. The van der Waals surface area contributed by atoms with Gasteiger partial charge in [-0.1, -0.05) is 18.2 Å². The minimum absolute atomic E-state index is 0.0820. The number of carbonyl (C=O) groups excluding carboxylic acids is 1. The second-order valence-corrected chi connectivity index (χ2v) is 4.13. The number of aliphatic hydroxyl groups excluding tert-OH is 1. The molecule has 0 aliphatic carbocycles. The number of hydrogen-bond acceptors (Lipinski definition) is 3. The van der Waals surface area contributed by atoms with Crippen LogP contribution in [-0.4, -0.2) is 11.1 Å². The van der Waals surface area contributed by atoms with Crippen molar-refractivity contribution in [2.75, 3.05) is 10.6 Å². The van der Waals surface area contributed by atoms with Gasteiger partial charge < -0.3 is 15.7 Å². The Balaban J connectivity index is 2.03. The number of hydrogen-bond donors (Lipinski definition) is 3. The number of rotatable bonds is 3. The number of carbonyl (C=O) groups is 1. The molecule has 0 radical (unpaired) electrons. The summed E-state index contributed by atoms with van der Waals surface area (Å²) >= 11 is 0. The first-order valence-electron chi connectivity index (χ1n) is 5.99. The molecule has 3 N–H and O–H groups in total. The van der Waals surface area contributed by atoms with Gasteiger partial charge in [0.1, 0.15) is 0 Å². The molecule has 5 nitrogen and oxygen atoms in total. The molecule has 0 aliphatic heterocycles. The summed E-state index contributed by atoms with van der Waals surface area (Å²) in [6.07, 6.45) is 0. The van der Waals surface area contributed by atoms with E-state index in [2.05, 4.69) is 10.6 Å². The number of anilines is 2. The maximum atomic E-state index is 11.8. The normalized spacial score (nSPS) is 9.60. The van der Waals surface area contributed by atoms with Crippen LogP contribution in [0.2, 0.25) is 0 Å². The summed E-state index contributed by atoms with van der Waals surface area (Å²) in [6, 6.07) is 15.2. The fourth-order valence-corrected chi connectivity index (χ4v) is 1.71. The second-order valence-electron chi connectivity index (χ2n) is 4.13. The summed E-state index contributed by atoms with van der Waals surface area (Å²) in [6.45, 7) is -0.0820. The first kappa shape index (κ1) is 13.6. The summed E-state index contributed by atoms with van der Waals surface area (Å²) in [5.74, 6) is 0. The summed E-state index contributed by atoms with van der Waals surface area (Å²) < 4.78 is 0. The van der Waals surface area contributed by atoms with Crippen molar-refractivity contribution in [1.82, 2.24) is 0 Å². The first-order valence-corrected chi connectivity index (χ1v) is 5.99. The van der Waals surface area contributed by atoms with Crippen molar-refractivity contribution in [2.24, 2.45) is 0 Å². The van der Waals surface area contributed by atoms with Crippen molar-refractivity contribution in [3.05, 3.63) is 59.7 Å². The first-order chi connectivity index (χ1) is 9.71. The zero-order valence-electron chi connectivity index (χ0n) is 10.6. The highest BCUT2D eigenvalue weighted by atomic mass is 16.3. The van der Waals surface area contributed by atoms with Gasteiger partial charge >= 0.3 is 6.03 Å². The van der Waals surface area contributed by atoms with Crippen LogP contribution in [0.5, 0.6) is 0 Å². The maximum absolute atomic E-state index is 11.8. The molecule has 0 saturated heterocycles. The van der Waals surface area contributed by atoms with Gasteiger partial charge in [-0.25, -0.2) is 4.79 Å². The van der Waals surface area contributed by atoms with E-state index in [-0.39, 0.29) is 6.61 Å². The van der Waals surface area contributed by atoms with Crippen LogP contribution >= 0.6 is 0 Å². The summed E-state index contributed by atoms with van der Waals surface area (Å²) in [5, 5.41) is 23.1. The molecular weight excluding hydrogens is 254 g/mol. The van der Waals surface area contributed by atoms with Gasteiger partial charge in [0.05, 0.1) is 18.2 Å². The maximum Gasteiger partial charge on any atom is 0.323 e. The molecule has 0 saturated carbocycles. The van der Waals surface area contributed by atoms with Gasteiger partial charge in [0.25, 0.3) is 0 Å². The fourth-order valence-electron chi connectivity index (χ4n) is 1.71. The average Bonchev–Trinajstić information content (AvgIpc) is 2.47. The van der Waals surface area contributed by atoms with Crippen molar-refractivity contribution in [3.63, 3.8) is 0 Å². The number of amides is 2. The van der Waals surface area contributed by atoms with Crippen molar-refractivity contribution in [3.8, 4) is 6.07 Å². The molecule has 0 aliphatic rings. The third kappa shape index (κ3) is 3.57. The number of urea groups is 1. The molecule has 0 unspecified atom stereocenters. The van der Waals surface area contributed by atoms with Gasteiger partial charge in [-0.3, -0.25) is 0 Å². The Morgan fingerprint density at radius 2 is 1.75 bits per heavy atom. The molecule has 2 amide bonds. The molecule has 0 fully saturated rings. The molecule has 5 heteroatoms. The predicted molar refractivity (Wildman–Crippen MR) is 76.2 cm³/mol. The summed E-state index contributed by atoms with van der Waals surface area (Å²) in [5.41, 5.74) is 2.32. The van der Waals surface area contributed by atoms with Crippen LogP contribution in [0.3, 0.4) is 0 Å². The number of nitrogens with one attached hydrogen (secondary N) is 2. The zero-order chi connectivity index (χ0) is 14.4. The highest BCUT2D eigenvalue weighted by molar-refractivity contribution is 5.99. The molecule has 20 heavy (non-hydrogen) atoms. The lowest BCUT2D eigenvalue weighted by Gasteiger charge is -2.08. The van der Waals surface area contributed by atoms with E-state index in [1.54, 1.807) is 48.5 Å². The predicted octanol–water partition coefficient (Wildman–Crippen LogP) is 2.69. The van der Waals surface area contributed by atoms with Crippen molar-refractivity contribution in [2.45, 2.75) is 6.61 Å². The van der Waals surface area contributed by atoms with E-state index in [4.69, 9.17) is 10.4 Å². The minimum atomic E-state index is -0.407. The fraction of sp³-hybridized carbons (Fsp3) is 0.0667. The van der Waals surface area contributed by atoms with E-state index < -0.39 is 6.03 Å². The van der Waals surface area contributed by atoms with Crippen molar-refractivity contribution < 1.29 is 9.90 Å². The number of nitrogens with zero attached hydrogens (tertiary/aromatic N) is 1. The van der Waals surface area contributed by atoms with Gasteiger partial charge in [-0.2, -0.15) is 5.26 Å². The zero-order valence-corrected chi connectivity index (χ0v) is 10.6. The van der Waals surface area contributed by atoms with E-state index in [1.165, 1.54) is 0 Å². The lowest BCUT2D eigenvalue weighted by atomic mass is 10.2. The van der Waals surface area contributed by atoms with E-state index in [9.17, 15) is 4.79 Å². The van der Waals surface area contributed by atoms with Gasteiger partial charge in [-0.05, 0) is 35.9 Å². The van der Waals surface area contributed by atoms with Crippen LogP contribution in [-0.2, 0) is 6.61 Å². The van der Waals surface area contributed by atoms with Crippen LogP contribution < -0.4 is 10.6 Å². The Bertz CT molecular complexity index is 662. The molecule has 0 aromatic heterocycles. The van der Waals surface area contributed by atoms with Crippen LogP contribution in [0.25, 0.3) is 0 Å². The number of nitriles is 1. The van der Waals surface area contributed by atoms with Crippen LogP contribution in [0, 0.1) is 11.3 Å². The number of benzene rings is 2. The van der Waals surface area contributed by atoms with E-state index in [0.29, 0.717) is 22.5 Å². The Labute approximate surface area is 116 Å². The number of aliphatic hydroxyl groups is 1. The lowest BCUT2D eigenvalue weighted by molar-refractivity contribution is 0.262. The van der Waals surface area contributed by atoms with Crippen molar-refractivity contribution in [1.29, 1.82) is 5.26 Å². The topological polar surface area (TPSA) is 85.2 Å². The minimum Gasteiger partial charge on any atom is -0.392 e. The molecule has 2 aromatic rings. The lowest BCUT2D eigenvalue weighted by Crippen LogP contribution is -2.19. The quantitative estimate of drug-likeness (QED) is 0.799. The summed E-state index contributed by atoms with van der Waals surface area (Å²) in [4.78, 5) is 11.8. The van der Waals surface area contributed by atoms with Gasteiger partial charge in [0.15, 0.2) is 0 Å². The molecule has 0 atom stereocenters. The molecule has 100 valence electrons. The highest BCUT2D eigenvalue weighted by Gasteiger charge is 2.03. The van der Waals surface area contributed by atoms with Crippen LogP contribution in [0.1, 0.15) is 11.1 Å². The molecule has 0 spiro atoms. The SMILES string of the molecule is N#Cc1cccc(NC(=O)Nc2cccc(CO)c2)c1. The Hall–Kier alpha value is -2.84. The van der Waals surface area contributed by atoms with Crippen LogP contribution in [0.4, 0.5) is 16.2 Å². The standard InChI is InChI=1S/C15H13N3O2/c16-9-11-3-1-5-13(7-11)17-15(20)18-14-6-2-4-12(8-14)10-19/h1-8,19H,10H2,(H2,17,18,20). The summed E-state index contributed by atoms with van der Waals surface area (Å²) in [7, 11) is 0. The Kier molecular flexibility index (Phi) is 4.32. The largest absolute Gasteiger partial charge is 0.392 e. The van der Waals surface area contributed by atoms with Gasteiger partial charge in [-0.15, -0.1) is 0 Å². The smallest absolute Gasteiger partial charge is 0.323 e. The van der Waals surface area contributed by atoms with E-state index in [0.717, 1.165) is 0 Å². The van der Waals surface area contributed by atoms with Gasteiger partial charge in [0, 0.05) is 11.4 Å². The molecule has 0 bridgehead atoms. The third-order valence-corrected chi connectivity index (χ3v) is 2.62. The van der Waals surface area contributed by atoms with E-state index in [1.807, 2.05) is 6.07 Å². The van der Waals surface area contributed by atoms with Gasteiger partial charge in [0.2, 0.25) is 0 Å². The highest BCUT2D eigenvalue weighted by Crippen LogP contribution is 2.13. The second kappa shape index (κ2) is 6.36. The van der Waals surface area contributed by atoms with Crippen molar-refractivity contribution >= 4 is 17.4 Å².